The zero-order valence-corrected chi connectivity index (χ0v) is 25.1. The largest absolute Gasteiger partial charge is 0.444 e. The predicted octanol–water partition coefficient (Wildman–Crippen LogP) is 6.49. The highest BCUT2D eigenvalue weighted by atomic mass is 35.5. The Labute approximate surface area is 243 Å². The second-order valence-electron chi connectivity index (χ2n) is 11.9. The number of nitrogens with one attached hydrogen (secondary N) is 2. The summed E-state index contributed by atoms with van der Waals surface area (Å²) in [7, 11) is 0. The summed E-state index contributed by atoms with van der Waals surface area (Å²) in [5, 5.41) is 6.16. The number of ether oxygens (including phenoxy) is 1. The first kappa shape index (κ1) is 31.0. The van der Waals surface area contributed by atoms with Crippen molar-refractivity contribution in [2.24, 2.45) is 11.8 Å². The number of amides is 3. The van der Waals surface area contributed by atoms with Gasteiger partial charge in [-0.3, -0.25) is 9.59 Å². The van der Waals surface area contributed by atoms with E-state index in [2.05, 4.69) is 16.6 Å². The molecule has 0 radical (unpaired) electrons. The second kappa shape index (κ2) is 12.8. The van der Waals surface area contributed by atoms with Gasteiger partial charge in [0.25, 0.3) is 5.91 Å². The zero-order chi connectivity index (χ0) is 29.8. The summed E-state index contributed by atoms with van der Waals surface area (Å²) in [4.78, 5) is 42.8. The maximum absolute atomic E-state index is 14.4. The van der Waals surface area contributed by atoms with E-state index in [0.29, 0.717) is 28.3 Å². The topological polar surface area (TPSA) is 87.7 Å². The van der Waals surface area contributed by atoms with Crippen LogP contribution in [0.5, 0.6) is 0 Å². The first-order valence-corrected chi connectivity index (χ1v) is 14.0. The number of nitrogens with zero attached hydrogens (tertiary/aromatic N) is 1. The number of alkyl carbamates (subject to hydrolysis) is 1. The van der Waals surface area contributed by atoms with E-state index in [0.717, 1.165) is 12.0 Å². The number of anilines is 1. The average Bonchev–Trinajstić information content (AvgIpc) is 3.58. The van der Waals surface area contributed by atoms with Crippen molar-refractivity contribution in [3.8, 4) is 12.3 Å². The van der Waals surface area contributed by atoms with Crippen LogP contribution in [-0.2, 0) is 14.3 Å². The Morgan fingerprint density at radius 3 is 2.27 bits per heavy atom. The molecule has 7 nitrogen and oxygen atoms in total. The van der Waals surface area contributed by atoms with Crippen molar-refractivity contribution in [3.05, 3.63) is 64.2 Å². The number of terminal acetylenes is 1. The number of carbonyl (C=O) groups is 3. The number of halogens is 1. The lowest BCUT2D eigenvalue weighted by atomic mass is 9.98. The molecule has 0 bridgehead atoms. The molecule has 1 fully saturated rings. The molecule has 4 atom stereocenters. The fourth-order valence-corrected chi connectivity index (χ4v) is 4.95. The molecule has 2 aromatic carbocycles. The van der Waals surface area contributed by atoms with Crippen molar-refractivity contribution in [3.63, 3.8) is 0 Å². The zero-order valence-electron chi connectivity index (χ0n) is 24.4. The molecule has 0 heterocycles. The summed E-state index contributed by atoms with van der Waals surface area (Å²) < 4.78 is 5.47. The third-order valence-corrected chi connectivity index (χ3v) is 7.08. The van der Waals surface area contributed by atoms with E-state index in [1.807, 2.05) is 39.8 Å². The quantitative estimate of drug-likeness (QED) is 0.340. The average molecular weight is 566 g/mol. The predicted molar refractivity (Wildman–Crippen MR) is 159 cm³/mol. The van der Waals surface area contributed by atoms with Crippen LogP contribution in [0, 0.1) is 31.1 Å². The maximum Gasteiger partial charge on any atom is 0.408 e. The molecule has 2 N–H and O–H groups in total. The Kier molecular flexibility index (Phi) is 9.92. The van der Waals surface area contributed by atoms with Crippen LogP contribution in [0.3, 0.4) is 0 Å². The first-order chi connectivity index (χ1) is 18.7. The molecule has 40 heavy (non-hydrogen) atoms. The summed E-state index contributed by atoms with van der Waals surface area (Å²) in [5.41, 5.74) is 1.82. The monoisotopic (exact) mass is 565 g/mol. The summed E-state index contributed by atoms with van der Waals surface area (Å²) >= 11 is 6.44. The third kappa shape index (κ3) is 8.02. The van der Waals surface area contributed by atoms with Gasteiger partial charge in [0.1, 0.15) is 17.7 Å². The highest BCUT2D eigenvalue weighted by molar-refractivity contribution is 6.34. The van der Waals surface area contributed by atoms with E-state index in [9.17, 15) is 14.4 Å². The second-order valence-corrected chi connectivity index (χ2v) is 12.4. The molecule has 214 valence electrons. The standard InChI is InChI=1S/C32H40ClN3O4/c1-9-22-13-15-23(16-14-22)28(29(37)35-27-20(4)11-10-12-24(27)33)36(26-18-21(26)5)30(38)25(17-19(2)3)34-31(39)40-32(6,7)8/h1,10-16,19,21,25-26,28H,17-18H2,2-8H3,(H,34,39)(H,35,37). The summed E-state index contributed by atoms with van der Waals surface area (Å²) in [6.45, 7) is 13.1. The fraction of sp³-hybridized carbons (Fsp3) is 0.469. The Balaban J connectivity index is 2.07. The number of benzene rings is 2. The number of aryl methyl sites for hydroxylation is 1. The van der Waals surface area contributed by atoms with Crippen molar-refractivity contribution < 1.29 is 19.1 Å². The van der Waals surface area contributed by atoms with Crippen LogP contribution in [-0.4, -0.2) is 40.5 Å². The van der Waals surface area contributed by atoms with Crippen molar-refractivity contribution in [1.29, 1.82) is 0 Å². The van der Waals surface area contributed by atoms with Crippen LogP contribution < -0.4 is 10.6 Å². The van der Waals surface area contributed by atoms with Gasteiger partial charge in [0, 0.05) is 11.6 Å². The molecule has 8 heteroatoms. The highest BCUT2D eigenvalue weighted by Gasteiger charge is 2.48. The molecule has 0 aliphatic heterocycles. The fourth-order valence-electron chi connectivity index (χ4n) is 4.68. The molecule has 3 amide bonds. The summed E-state index contributed by atoms with van der Waals surface area (Å²) in [5.74, 6) is 2.13. The molecule has 0 saturated heterocycles. The van der Waals surface area contributed by atoms with Gasteiger partial charge >= 0.3 is 6.09 Å². The summed E-state index contributed by atoms with van der Waals surface area (Å²) in [6, 6.07) is 10.4. The van der Waals surface area contributed by atoms with Crippen LogP contribution in [0.2, 0.25) is 5.02 Å². The van der Waals surface area contributed by atoms with Gasteiger partial charge in [-0.2, -0.15) is 0 Å². The van der Waals surface area contributed by atoms with E-state index in [4.69, 9.17) is 22.8 Å². The number of carbonyl (C=O) groups excluding carboxylic acids is 3. The van der Waals surface area contributed by atoms with Crippen LogP contribution in [0.4, 0.5) is 10.5 Å². The number of para-hydroxylation sites is 1. The molecule has 4 unspecified atom stereocenters. The Bertz CT molecular complexity index is 1260. The van der Waals surface area contributed by atoms with Crippen molar-refractivity contribution >= 4 is 35.2 Å². The van der Waals surface area contributed by atoms with Crippen LogP contribution >= 0.6 is 11.6 Å². The molecule has 1 aliphatic rings. The summed E-state index contributed by atoms with van der Waals surface area (Å²) in [6.07, 6.45) is 6.01. The van der Waals surface area contributed by atoms with Crippen LogP contribution in [0.1, 0.15) is 77.1 Å². The molecule has 1 saturated carbocycles. The van der Waals surface area contributed by atoms with Gasteiger partial charge in [0.15, 0.2) is 0 Å². The Morgan fingerprint density at radius 1 is 1.15 bits per heavy atom. The first-order valence-electron chi connectivity index (χ1n) is 13.7. The van der Waals surface area contributed by atoms with Crippen LogP contribution in [0.15, 0.2) is 42.5 Å². The molecule has 2 aromatic rings. The Morgan fingerprint density at radius 2 is 1.77 bits per heavy atom. The minimum atomic E-state index is -0.986. The van der Waals surface area contributed by atoms with Gasteiger partial charge in [-0.25, -0.2) is 4.79 Å². The van der Waals surface area contributed by atoms with Gasteiger partial charge in [-0.05, 0) is 81.7 Å². The molecular formula is C32H40ClN3O4. The highest BCUT2D eigenvalue weighted by Crippen LogP contribution is 2.41. The molecule has 1 aliphatic carbocycles. The Hall–Kier alpha value is -3.50. The molecule has 0 spiro atoms. The minimum Gasteiger partial charge on any atom is -0.444 e. The van der Waals surface area contributed by atoms with Crippen LogP contribution in [0.25, 0.3) is 0 Å². The molecule has 3 rings (SSSR count). The van der Waals surface area contributed by atoms with Crippen molar-refractivity contribution in [1.82, 2.24) is 10.2 Å². The van der Waals surface area contributed by atoms with E-state index < -0.39 is 29.7 Å². The van der Waals surface area contributed by atoms with E-state index >= 15 is 0 Å². The van der Waals surface area contributed by atoms with Gasteiger partial charge in [0.05, 0.1) is 10.7 Å². The van der Waals surface area contributed by atoms with Crippen molar-refractivity contribution in [2.75, 3.05) is 5.32 Å². The van der Waals surface area contributed by atoms with Gasteiger partial charge < -0.3 is 20.3 Å². The number of hydrogen-bond donors (Lipinski definition) is 2. The van der Waals surface area contributed by atoms with Gasteiger partial charge in [-0.15, -0.1) is 6.42 Å². The van der Waals surface area contributed by atoms with E-state index in [1.54, 1.807) is 56.0 Å². The lowest BCUT2D eigenvalue weighted by molar-refractivity contribution is -0.142. The molecular weight excluding hydrogens is 526 g/mol. The van der Waals surface area contributed by atoms with Gasteiger partial charge in [0.2, 0.25) is 5.91 Å². The van der Waals surface area contributed by atoms with E-state index in [-0.39, 0.29) is 23.8 Å². The number of hydrogen-bond acceptors (Lipinski definition) is 4. The maximum atomic E-state index is 14.4. The number of rotatable bonds is 9. The normalized spacial score (nSPS) is 17.8. The van der Waals surface area contributed by atoms with Crippen molar-refractivity contribution in [2.45, 2.75) is 85.0 Å². The molecule has 0 aromatic heterocycles. The SMILES string of the molecule is C#Cc1ccc(C(C(=O)Nc2c(C)cccc2Cl)N(C(=O)C(CC(C)C)NC(=O)OC(C)(C)C)C2CC2C)cc1. The minimum absolute atomic E-state index is 0.0929. The smallest absolute Gasteiger partial charge is 0.408 e. The van der Waals surface area contributed by atoms with Gasteiger partial charge in [-0.1, -0.05) is 62.6 Å². The van der Waals surface area contributed by atoms with E-state index in [1.165, 1.54) is 0 Å². The lowest BCUT2D eigenvalue weighted by Crippen LogP contribution is -2.53. The third-order valence-electron chi connectivity index (χ3n) is 6.76. The lowest BCUT2D eigenvalue weighted by Gasteiger charge is -2.35.